The zero-order valence-corrected chi connectivity index (χ0v) is 13.5. The number of methoxy groups -OCH3 is 1. The molecule has 2 atom stereocenters. The summed E-state index contributed by atoms with van der Waals surface area (Å²) in [5.41, 5.74) is 2.16. The maximum absolute atomic E-state index is 12.9. The van der Waals surface area contributed by atoms with E-state index in [9.17, 15) is 4.39 Å². The fraction of sp³-hybridized carbons (Fsp3) is 0.200. The summed E-state index contributed by atoms with van der Waals surface area (Å²) >= 11 is 7.32. The van der Waals surface area contributed by atoms with Crippen molar-refractivity contribution in [3.05, 3.63) is 65.5 Å². The molecule has 0 aromatic heterocycles. The molecule has 2 rings (SSSR count). The molecule has 0 radical (unpaired) electrons. The van der Waals surface area contributed by atoms with E-state index in [0.29, 0.717) is 0 Å². The van der Waals surface area contributed by atoms with Crippen LogP contribution in [0.25, 0.3) is 0 Å². The van der Waals surface area contributed by atoms with E-state index in [2.05, 4.69) is 31.9 Å². The Morgan fingerprint density at radius 3 is 1.68 bits per heavy atom. The van der Waals surface area contributed by atoms with Crippen molar-refractivity contribution in [3.63, 3.8) is 0 Å². The number of halogens is 3. The maximum Gasteiger partial charge on any atom is 0.123 e. The number of hydrogen-bond acceptors (Lipinski definition) is 1. The van der Waals surface area contributed by atoms with Crippen LogP contribution in [0, 0.1) is 5.82 Å². The Balaban J connectivity index is 2.17. The largest absolute Gasteiger partial charge is 0.497 e. The van der Waals surface area contributed by atoms with Crippen LogP contribution in [0.3, 0.4) is 0 Å². The first-order valence-electron chi connectivity index (χ1n) is 5.79. The quantitative estimate of drug-likeness (QED) is 0.637. The third-order valence-corrected chi connectivity index (χ3v) is 5.70. The topological polar surface area (TPSA) is 9.23 Å². The van der Waals surface area contributed by atoms with Gasteiger partial charge in [0.2, 0.25) is 0 Å². The lowest BCUT2D eigenvalue weighted by Crippen LogP contribution is -1.99. The van der Waals surface area contributed by atoms with Gasteiger partial charge in [0.05, 0.1) is 16.8 Å². The zero-order valence-electron chi connectivity index (χ0n) is 10.3. The van der Waals surface area contributed by atoms with Gasteiger partial charge in [0.15, 0.2) is 0 Å². The number of rotatable bonds is 4. The van der Waals surface area contributed by atoms with Crippen LogP contribution in [-0.4, -0.2) is 7.11 Å². The van der Waals surface area contributed by atoms with Crippen molar-refractivity contribution in [2.45, 2.75) is 9.65 Å². The summed E-state index contributed by atoms with van der Waals surface area (Å²) in [6.07, 6.45) is 0. The zero-order chi connectivity index (χ0) is 13.8. The standard InChI is InChI=1S/C15H13Br2FO/c1-19-13-8-4-11(5-9-13)15(17)14(16)10-2-6-12(18)7-3-10/h2-9,14-15H,1H3/t14-,15-/m1/s1. The van der Waals surface area contributed by atoms with Gasteiger partial charge in [-0.05, 0) is 35.4 Å². The summed E-state index contributed by atoms with van der Waals surface area (Å²) in [7, 11) is 1.65. The molecule has 0 saturated heterocycles. The predicted molar refractivity (Wildman–Crippen MR) is 82.7 cm³/mol. The van der Waals surface area contributed by atoms with E-state index in [4.69, 9.17) is 4.74 Å². The summed E-state index contributed by atoms with van der Waals surface area (Å²) in [6, 6.07) is 14.4. The van der Waals surface area contributed by atoms with Gasteiger partial charge in [0, 0.05) is 0 Å². The molecule has 2 aromatic rings. The van der Waals surface area contributed by atoms with Crippen molar-refractivity contribution in [3.8, 4) is 5.75 Å². The second-order valence-electron chi connectivity index (χ2n) is 4.13. The molecule has 0 amide bonds. The number of benzene rings is 2. The van der Waals surface area contributed by atoms with E-state index < -0.39 is 0 Å². The van der Waals surface area contributed by atoms with Crippen molar-refractivity contribution >= 4 is 31.9 Å². The van der Waals surface area contributed by atoms with Gasteiger partial charge in [-0.3, -0.25) is 0 Å². The molecule has 100 valence electrons. The first-order chi connectivity index (χ1) is 9.11. The lowest BCUT2D eigenvalue weighted by atomic mass is 10.0. The maximum atomic E-state index is 12.9. The molecule has 1 nitrogen and oxygen atoms in total. The molecule has 0 heterocycles. The van der Waals surface area contributed by atoms with E-state index in [1.807, 2.05) is 24.3 Å². The van der Waals surface area contributed by atoms with Crippen molar-refractivity contribution < 1.29 is 9.13 Å². The lowest BCUT2D eigenvalue weighted by molar-refractivity contribution is 0.414. The number of hydrogen-bond donors (Lipinski definition) is 0. The van der Waals surface area contributed by atoms with Crippen molar-refractivity contribution in [2.24, 2.45) is 0 Å². The van der Waals surface area contributed by atoms with Gasteiger partial charge < -0.3 is 4.74 Å². The van der Waals surface area contributed by atoms with Gasteiger partial charge in [0.25, 0.3) is 0 Å². The van der Waals surface area contributed by atoms with E-state index in [0.717, 1.165) is 16.9 Å². The van der Waals surface area contributed by atoms with Gasteiger partial charge in [-0.15, -0.1) is 0 Å². The van der Waals surface area contributed by atoms with Crippen LogP contribution < -0.4 is 4.74 Å². The Morgan fingerprint density at radius 2 is 1.26 bits per heavy atom. The first kappa shape index (κ1) is 14.5. The molecular weight excluding hydrogens is 375 g/mol. The number of ether oxygens (including phenoxy) is 1. The highest BCUT2D eigenvalue weighted by Crippen LogP contribution is 2.42. The molecule has 0 saturated carbocycles. The Labute approximate surface area is 129 Å². The Kier molecular flexibility index (Phi) is 4.99. The van der Waals surface area contributed by atoms with Crippen molar-refractivity contribution in [1.29, 1.82) is 0 Å². The summed E-state index contributed by atoms with van der Waals surface area (Å²) < 4.78 is 18.1. The SMILES string of the molecule is COc1ccc([C@@H](Br)[C@H](Br)c2ccc(F)cc2)cc1. The van der Waals surface area contributed by atoms with E-state index in [-0.39, 0.29) is 15.5 Å². The molecular formula is C15H13Br2FO. The van der Waals surface area contributed by atoms with Crippen LogP contribution in [0.15, 0.2) is 48.5 Å². The third-order valence-electron chi connectivity index (χ3n) is 2.88. The predicted octanol–water partition coefficient (Wildman–Crippen LogP) is 5.41. The van der Waals surface area contributed by atoms with Crippen LogP contribution in [0.5, 0.6) is 5.75 Å². The van der Waals surface area contributed by atoms with Crippen LogP contribution in [-0.2, 0) is 0 Å². The van der Waals surface area contributed by atoms with E-state index >= 15 is 0 Å². The van der Waals surface area contributed by atoms with Gasteiger partial charge in [-0.1, -0.05) is 56.1 Å². The molecule has 4 heteroatoms. The normalized spacial score (nSPS) is 13.9. The van der Waals surface area contributed by atoms with Crippen LogP contribution >= 0.6 is 31.9 Å². The molecule has 2 aromatic carbocycles. The molecule has 0 spiro atoms. The van der Waals surface area contributed by atoms with E-state index in [1.54, 1.807) is 19.2 Å². The molecule has 0 N–H and O–H groups in total. The first-order valence-corrected chi connectivity index (χ1v) is 7.62. The van der Waals surface area contributed by atoms with Gasteiger partial charge in [0.1, 0.15) is 11.6 Å². The second kappa shape index (κ2) is 6.53. The van der Waals surface area contributed by atoms with Gasteiger partial charge in [-0.25, -0.2) is 4.39 Å². The van der Waals surface area contributed by atoms with E-state index in [1.165, 1.54) is 12.1 Å². The Hall–Kier alpha value is -0.870. The molecule has 0 unspecified atom stereocenters. The summed E-state index contributed by atoms with van der Waals surface area (Å²) in [4.78, 5) is 0.172. The molecule has 19 heavy (non-hydrogen) atoms. The molecule has 0 aliphatic rings. The minimum atomic E-state index is -0.223. The molecule has 0 aliphatic heterocycles. The smallest absolute Gasteiger partial charge is 0.123 e. The van der Waals surface area contributed by atoms with Gasteiger partial charge >= 0.3 is 0 Å². The Bertz CT molecular complexity index is 525. The van der Waals surface area contributed by atoms with Crippen molar-refractivity contribution in [1.82, 2.24) is 0 Å². The van der Waals surface area contributed by atoms with Crippen LogP contribution in [0.1, 0.15) is 20.8 Å². The number of alkyl halides is 2. The highest BCUT2D eigenvalue weighted by molar-refractivity contribution is 9.12. The lowest BCUT2D eigenvalue weighted by Gasteiger charge is -2.18. The molecule has 0 bridgehead atoms. The molecule has 0 aliphatic carbocycles. The molecule has 0 fully saturated rings. The average Bonchev–Trinajstić information content (AvgIpc) is 2.46. The highest BCUT2D eigenvalue weighted by atomic mass is 79.9. The van der Waals surface area contributed by atoms with Crippen molar-refractivity contribution in [2.75, 3.05) is 7.11 Å². The monoisotopic (exact) mass is 386 g/mol. The summed E-state index contributed by atoms with van der Waals surface area (Å²) in [6.45, 7) is 0. The Morgan fingerprint density at radius 1 is 0.842 bits per heavy atom. The van der Waals surface area contributed by atoms with Crippen LogP contribution in [0.2, 0.25) is 0 Å². The minimum Gasteiger partial charge on any atom is -0.497 e. The van der Waals surface area contributed by atoms with Crippen LogP contribution in [0.4, 0.5) is 4.39 Å². The highest BCUT2D eigenvalue weighted by Gasteiger charge is 2.19. The second-order valence-corrected chi connectivity index (χ2v) is 6.10. The fourth-order valence-corrected chi connectivity index (χ4v) is 2.99. The average molecular weight is 388 g/mol. The van der Waals surface area contributed by atoms with Gasteiger partial charge in [-0.2, -0.15) is 0 Å². The minimum absolute atomic E-state index is 0.0708. The third kappa shape index (κ3) is 3.57. The summed E-state index contributed by atoms with van der Waals surface area (Å²) in [5, 5.41) is 0. The summed E-state index contributed by atoms with van der Waals surface area (Å²) in [5.74, 6) is 0.607. The fourth-order valence-electron chi connectivity index (χ4n) is 1.77.